The lowest BCUT2D eigenvalue weighted by Crippen LogP contribution is -2.44. The number of piperidine rings is 1. The lowest BCUT2D eigenvalue weighted by molar-refractivity contribution is -0.133. The Morgan fingerprint density at radius 1 is 1.44 bits per heavy atom. The second-order valence-electron chi connectivity index (χ2n) is 5.96. The minimum Gasteiger partial charge on any atom is -0.342 e. The third-order valence-corrected chi connectivity index (χ3v) is 3.46. The summed E-state index contributed by atoms with van der Waals surface area (Å²) >= 11 is 0. The molecule has 0 aliphatic carbocycles. The molecule has 18 heavy (non-hydrogen) atoms. The van der Waals surface area contributed by atoms with Crippen molar-refractivity contribution in [2.45, 2.75) is 39.2 Å². The molecule has 0 aromatic heterocycles. The average Bonchev–Trinajstić information content (AvgIpc) is 2.33. The van der Waals surface area contributed by atoms with Crippen LogP contribution in [0.1, 0.15) is 33.1 Å². The largest absolute Gasteiger partial charge is 0.342 e. The molecule has 4 heteroatoms. The molecular formula is C14H29N3O. The summed E-state index contributed by atoms with van der Waals surface area (Å²) in [7, 11) is 4.03. The normalized spacial score (nSPS) is 20.8. The van der Waals surface area contributed by atoms with Gasteiger partial charge in [0.1, 0.15) is 0 Å². The third kappa shape index (κ3) is 5.83. The standard InChI is InChI=1S/C14H29N3O/c1-12(2)15-10-13-6-5-8-17(11-13)14(18)7-9-16(3)4/h12-13,15H,5-11H2,1-4H3. The molecule has 1 rings (SSSR count). The van der Waals surface area contributed by atoms with Crippen LogP contribution in [-0.2, 0) is 4.79 Å². The van der Waals surface area contributed by atoms with Gasteiger partial charge in [-0.2, -0.15) is 0 Å². The molecule has 0 bridgehead atoms. The fraction of sp³-hybridized carbons (Fsp3) is 0.929. The number of amides is 1. The molecule has 1 aliphatic heterocycles. The van der Waals surface area contributed by atoms with Gasteiger partial charge in [-0.05, 0) is 39.4 Å². The van der Waals surface area contributed by atoms with Crippen LogP contribution in [0.3, 0.4) is 0 Å². The molecule has 0 aromatic carbocycles. The molecular weight excluding hydrogens is 226 g/mol. The smallest absolute Gasteiger partial charge is 0.223 e. The van der Waals surface area contributed by atoms with Crippen LogP contribution in [0.5, 0.6) is 0 Å². The van der Waals surface area contributed by atoms with Crippen LogP contribution in [0, 0.1) is 5.92 Å². The molecule has 1 amide bonds. The Hall–Kier alpha value is -0.610. The predicted octanol–water partition coefficient (Wildman–Crippen LogP) is 1.17. The maximum atomic E-state index is 12.1. The fourth-order valence-corrected chi connectivity index (χ4v) is 2.34. The number of hydrogen-bond acceptors (Lipinski definition) is 3. The minimum atomic E-state index is 0.318. The second kappa shape index (κ2) is 7.74. The van der Waals surface area contributed by atoms with Crippen molar-refractivity contribution < 1.29 is 4.79 Å². The Kier molecular flexibility index (Phi) is 6.65. The van der Waals surface area contributed by atoms with Crippen LogP contribution < -0.4 is 5.32 Å². The van der Waals surface area contributed by atoms with E-state index in [4.69, 9.17) is 0 Å². The number of rotatable bonds is 6. The zero-order valence-electron chi connectivity index (χ0n) is 12.4. The summed E-state index contributed by atoms with van der Waals surface area (Å²) in [5, 5.41) is 3.48. The minimum absolute atomic E-state index is 0.318. The first kappa shape index (κ1) is 15.4. The van der Waals surface area contributed by atoms with Gasteiger partial charge in [-0.15, -0.1) is 0 Å². The zero-order chi connectivity index (χ0) is 13.5. The summed E-state index contributed by atoms with van der Waals surface area (Å²) < 4.78 is 0. The van der Waals surface area contributed by atoms with E-state index < -0.39 is 0 Å². The van der Waals surface area contributed by atoms with E-state index in [0.29, 0.717) is 24.3 Å². The zero-order valence-corrected chi connectivity index (χ0v) is 12.4. The summed E-state index contributed by atoms with van der Waals surface area (Å²) in [6.45, 7) is 8.11. The number of hydrogen-bond donors (Lipinski definition) is 1. The van der Waals surface area contributed by atoms with Gasteiger partial charge < -0.3 is 15.1 Å². The number of likely N-dealkylation sites (tertiary alicyclic amines) is 1. The number of carbonyl (C=O) groups is 1. The Morgan fingerprint density at radius 2 is 2.17 bits per heavy atom. The first-order valence-electron chi connectivity index (χ1n) is 7.15. The van der Waals surface area contributed by atoms with E-state index in [9.17, 15) is 4.79 Å². The SMILES string of the molecule is CC(C)NCC1CCCN(C(=O)CCN(C)C)C1. The van der Waals surface area contributed by atoms with E-state index in [0.717, 1.165) is 32.6 Å². The van der Waals surface area contributed by atoms with Crippen molar-refractivity contribution in [1.82, 2.24) is 15.1 Å². The van der Waals surface area contributed by atoms with Crippen molar-refractivity contribution >= 4 is 5.91 Å². The molecule has 106 valence electrons. The lowest BCUT2D eigenvalue weighted by Gasteiger charge is -2.33. The Labute approximate surface area is 112 Å². The molecule has 1 unspecified atom stereocenters. The first-order valence-corrected chi connectivity index (χ1v) is 7.15. The first-order chi connectivity index (χ1) is 8.49. The van der Waals surface area contributed by atoms with Crippen LogP contribution in [0.4, 0.5) is 0 Å². The Morgan fingerprint density at radius 3 is 2.78 bits per heavy atom. The highest BCUT2D eigenvalue weighted by Gasteiger charge is 2.23. The van der Waals surface area contributed by atoms with Gasteiger partial charge in [0.15, 0.2) is 0 Å². The van der Waals surface area contributed by atoms with E-state index in [1.165, 1.54) is 6.42 Å². The van der Waals surface area contributed by atoms with E-state index >= 15 is 0 Å². The lowest BCUT2D eigenvalue weighted by atomic mass is 9.97. The van der Waals surface area contributed by atoms with Gasteiger partial charge in [0.2, 0.25) is 5.91 Å². The number of nitrogens with one attached hydrogen (secondary N) is 1. The molecule has 4 nitrogen and oxygen atoms in total. The predicted molar refractivity (Wildman–Crippen MR) is 75.6 cm³/mol. The molecule has 1 saturated heterocycles. The summed E-state index contributed by atoms with van der Waals surface area (Å²) in [5.41, 5.74) is 0. The van der Waals surface area contributed by atoms with Crippen LogP contribution in [0.2, 0.25) is 0 Å². The van der Waals surface area contributed by atoms with Crippen LogP contribution in [-0.4, -0.2) is 62.0 Å². The van der Waals surface area contributed by atoms with Gasteiger partial charge in [0.05, 0.1) is 0 Å². The summed E-state index contributed by atoms with van der Waals surface area (Å²) in [6.07, 6.45) is 3.05. The molecule has 1 aliphatic rings. The highest BCUT2D eigenvalue weighted by atomic mass is 16.2. The van der Waals surface area contributed by atoms with Gasteiger partial charge in [0.25, 0.3) is 0 Å². The number of carbonyl (C=O) groups excluding carboxylic acids is 1. The molecule has 0 spiro atoms. The van der Waals surface area contributed by atoms with Gasteiger partial charge in [-0.3, -0.25) is 4.79 Å². The quantitative estimate of drug-likeness (QED) is 0.774. The molecule has 1 fully saturated rings. The van der Waals surface area contributed by atoms with E-state index in [1.54, 1.807) is 0 Å². The average molecular weight is 255 g/mol. The maximum Gasteiger partial charge on any atom is 0.223 e. The van der Waals surface area contributed by atoms with Crippen LogP contribution in [0.25, 0.3) is 0 Å². The number of nitrogens with zero attached hydrogens (tertiary/aromatic N) is 2. The van der Waals surface area contributed by atoms with Gasteiger partial charge in [0, 0.05) is 32.1 Å². The highest BCUT2D eigenvalue weighted by molar-refractivity contribution is 5.76. The van der Waals surface area contributed by atoms with E-state index in [1.807, 2.05) is 14.1 Å². The topological polar surface area (TPSA) is 35.6 Å². The van der Waals surface area contributed by atoms with Crippen molar-refractivity contribution in [1.29, 1.82) is 0 Å². The van der Waals surface area contributed by atoms with Crippen molar-refractivity contribution in [3.05, 3.63) is 0 Å². The Bertz CT molecular complexity index is 253. The third-order valence-electron chi connectivity index (χ3n) is 3.46. The molecule has 1 atom stereocenters. The summed E-state index contributed by atoms with van der Waals surface area (Å²) in [4.78, 5) is 16.2. The summed E-state index contributed by atoms with van der Waals surface area (Å²) in [6, 6.07) is 0.532. The molecule has 0 aromatic rings. The highest BCUT2D eigenvalue weighted by Crippen LogP contribution is 2.16. The molecule has 0 saturated carbocycles. The van der Waals surface area contributed by atoms with E-state index in [-0.39, 0.29) is 0 Å². The van der Waals surface area contributed by atoms with Crippen LogP contribution >= 0.6 is 0 Å². The van der Waals surface area contributed by atoms with Crippen molar-refractivity contribution in [3.8, 4) is 0 Å². The molecule has 1 heterocycles. The van der Waals surface area contributed by atoms with Gasteiger partial charge in [-0.25, -0.2) is 0 Å². The van der Waals surface area contributed by atoms with Crippen LogP contribution in [0.15, 0.2) is 0 Å². The Balaban J connectivity index is 2.31. The molecule has 0 radical (unpaired) electrons. The second-order valence-corrected chi connectivity index (χ2v) is 5.96. The fourth-order valence-electron chi connectivity index (χ4n) is 2.34. The van der Waals surface area contributed by atoms with Crippen molar-refractivity contribution in [2.75, 3.05) is 40.3 Å². The van der Waals surface area contributed by atoms with Crippen molar-refractivity contribution in [3.63, 3.8) is 0 Å². The maximum absolute atomic E-state index is 12.1. The van der Waals surface area contributed by atoms with Gasteiger partial charge in [-0.1, -0.05) is 13.8 Å². The van der Waals surface area contributed by atoms with E-state index in [2.05, 4.69) is 29.0 Å². The van der Waals surface area contributed by atoms with Gasteiger partial charge >= 0.3 is 0 Å². The monoisotopic (exact) mass is 255 g/mol. The van der Waals surface area contributed by atoms with Crippen molar-refractivity contribution in [2.24, 2.45) is 5.92 Å². The molecule has 1 N–H and O–H groups in total. The summed E-state index contributed by atoms with van der Waals surface area (Å²) in [5.74, 6) is 0.947.